The van der Waals surface area contributed by atoms with E-state index >= 15 is 0 Å². The second-order valence-corrected chi connectivity index (χ2v) is 9.00. The number of amides is 2. The number of rotatable bonds is 3. The van der Waals surface area contributed by atoms with E-state index in [1.165, 1.54) is 5.56 Å². The maximum Gasteiger partial charge on any atom is 0.317 e. The van der Waals surface area contributed by atoms with E-state index in [1.807, 2.05) is 53.4 Å². The van der Waals surface area contributed by atoms with Crippen molar-refractivity contribution in [1.29, 1.82) is 5.26 Å². The molecule has 6 nitrogen and oxygen atoms in total. The number of hydrogen-bond acceptors (Lipinski definition) is 4. The zero-order chi connectivity index (χ0) is 20.7. The molecule has 3 aliphatic rings. The summed E-state index contributed by atoms with van der Waals surface area (Å²) in [6.45, 7) is 1.32. The maximum absolute atomic E-state index is 12.7. The molecule has 2 heterocycles. The van der Waals surface area contributed by atoms with Gasteiger partial charge in [0.05, 0.1) is 17.7 Å². The van der Waals surface area contributed by atoms with Crippen LogP contribution in [-0.4, -0.2) is 29.6 Å². The van der Waals surface area contributed by atoms with Crippen molar-refractivity contribution in [1.82, 2.24) is 21.1 Å². The zero-order valence-corrected chi connectivity index (χ0v) is 17.3. The molecule has 3 N–H and O–H groups in total. The van der Waals surface area contributed by atoms with E-state index < -0.39 is 0 Å². The fourth-order valence-electron chi connectivity index (χ4n) is 5.24. The summed E-state index contributed by atoms with van der Waals surface area (Å²) < 4.78 is 0. The standard InChI is InChI=1S/C23H24ClN5O/c24-18-3-1-2-15(8-18)12-29-13-17-9-19-21(10-20(17)26-23(29)30)27-28-22(19)16-6-4-14(11-25)5-7-16/h1-8,17,19-22,27-28H,9-10,12-13H2,(H,26,30). The summed E-state index contributed by atoms with van der Waals surface area (Å²) in [6, 6.07) is 18.5. The summed E-state index contributed by atoms with van der Waals surface area (Å²) in [6.07, 6.45) is 1.96. The Morgan fingerprint density at radius 2 is 1.93 bits per heavy atom. The third kappa shape index (κ3) is 3.65. The van der Waals surface area contributed by atoms with Gasteiger partial charge in [-0.15, -0.1) is 0 Å². The molecule has 0 spiro atoms. The molecule has 1 saturated carbocycles. The fraction of sp³-hybridized carbons (Fsp3) is 0.391. The van der Waals surface area contributed by atoms with Crippen molar-refractivity contribution in [2.75, 3.05) is 6.54 Å². The van der Waals surface area contributed by atoms with Gasteiger partial charge in [-0.25, -0.2) is 10.2 Å². The number of nitrogens with one attached hydrogen (secondary N) is 3. The molecule has 1 aliphatic carbocycles. The SMILES string of the molecule is N#Cc1ccc(C2NNC3CC4NC(=O)N(Cc5cccc(Cl)c5)CC4CC32)cc1. The van der Waals surface area contributed by atoms with E-state index in [-0.39, 0.29) is 18.1 Å². The summed E-state index contributed by atoms with van der Waals surface area (Å²) in [5.41, 5.74) is 9.82. The lowest BCUT2D eigenvalue weighted by Gasteiger charge is -2.45. The van der Waals surface area contributed by atoms with Crippen LogP contribution in [0.4, 0.5) is 4.79 Å². The van der Waals surface area contributed by atoms with Gasteiger partial charge in [0, 0.05) is 30.2 Å². The van der Waals surface area contributed by atoms with E-state index in [1.54, 1.807) is 0 Å². The molecule has 5 unspecified atom stereocenters. The molecule has 5 rings (SSSR count). The van der Waals surface area contributed by atoms with Gasteiger partial charge >= 0.3 is 6.03 Å². The molecule has 2 saturated heterocycles. The van der Waals surface area contributed by atoms with Gasteiger partial charge in [-0.3, -0.25) is 5.43 Å². The molecule has 2 aromatic carbocycles. The Morgan fingerprint density at radius 3 is 2.70 bits per heavy atom. The number of carbonyl (C=O) groups excluding carboxylic acids is 1. The molecule has 154 valence electrons. The van der Waals surface area contributed by atoms with Crippen LogP contribution in [0.2, 0.25) is 5.02 Å². The Labute approximate surface area is 181 Å². The van der Waals surface area contributed by atoms with Crippen LogP contribution in [0.5, 0.6) is 0 Å². The monoisotopic (exact) mass is 421 g/mol. The second kappa shape index (κ2) is 7.92. The van der Waals surface area contributed by atoms with Crippen molar-refractivity contribution >= 4 is 17.6 Å². The molecule has 0 aromatic heterocycles. The Kier molecular flexibility index (Phi) is 5.11. The highest BCUT2D eigenvalue weighted by molar-refractivity contribution is 6.30. The highest BCUT2D eigenvalue weighted by Crippen LogP contribution is 2.42. The molecular weight excluding hydrogens is 398 g/mol. The molecule has 2 amide bonds. The van der Waals surface area contributed by atoms with Crippen molar-refractivity contribution in [3.63, 3.8) is 0 Å². The first-order chi connectivity index (χ1) is 14.6. The van der Waals surface area contributed by atoms with Crippen LogP contribution in [0, 0.1) is 23.2 Å². The number of urea groups is 1. The van der Waals surface area contributed by atoms with Crippen molar-refractivity contribution in [3.8, 4) is 6.07 Å². The summed E-state index contributed by atoms with van der Waals surface area (Å²) in [7, 11) is 0. The van der Waals surface area contributed by atoms with Crippen LogP contribution < -0.4 is 16.2 Å². The highest BCUT2D eigenvalue weighted by Gasteiger charge is 2.47. The molecule has 5 atom stereocenters. The average Bonchev–Trinajstić information content (AvgIpc) is 3.15. The van der Waals surface area contributed by atoms with Gasteiger partial charge < -0.3 is 10.2 Å². The van der Waals surface area contributed by atoms with Crippen LogP contribution in [0.1, 0.15) is 35.6 Å². The van der Waals surface area contributed by atoms with E-state index in [0.717, 1.165) is 24.9 Å². The number of nitriles is 1. The fourth-order valence-corrected chi connectivity index (χ4v) is 5.45. The summed E-state index contributed by atoms with van der Waals surface area (Å²) in [5.74, 6) is 0.855. The molecule has 3 fully saturated rings. The molecule has 0 radical (unpaired) electrons. The molecule has 2 aliphatic heterocycles. The second-order valence-electron chi connectivity index (χ2n) is 8.57. The normalized spacial score (nSPS) is 30.2. The lowest BCUT2D eigenvalue weighted by atomic mass is 9.71. The Bertz CT molecular complexity index is 988. The first kappa shape index (κ1) is 19.4. The van der Waals surface area contributed by atoms with Crippen LogP contribution in [0.3, 0.4) is 0 Å². The molecular formula is C23H24ClN5O. The topological polar surface area (TPSA) is 80.2 Å². The van der Waals surface area contributed by atoms with Crippen molar-refractivity contribution in [2.45, 2.75) is 37.5 Å². The third-order valence-corrected chi connectivity index (χ3v) is 6.97. The smallest absolute Gasteiger partial charge is 0.317 e. The Morgan fingerprint density at radius 1 is 1.10 bits per heavy atom. The summed E-state index contributed by atoms with van der Waals surface area (Å²) >= 11 is 6.11. The summed E-state index contributed by atoms with van der Waals surface area (Å²) in [4.78, 5) is 14.6. The number of benzene rings is 2. The Hall–Kier alpha value is -2.59. The number of carbonyl (C=O) groups is 1. The average molecular weight is 422 g/mol. The predicted octanol–water partition coefficient (Wildman–Crippen LogP) is 3.35. The van der Waals surface area contributed by atoms with Gasteiger partial charge in [-0.1, -0.05) is 35.9 Å². The first-order valence-corrected chi connectivity index (χ1v) is 10.8. The third-order valence-electron chi connectivity index (χ3n) is 6.73. The maximum atomic E-state index is 12.7. The number of halogens is 1. The zero-order valence-electron chi connectivity index (χ0n) is 16.5. The molecule has 7 heteroatoms. The van der Waals surface area contributed by atoms with Crippen molar-refractivity contribution in [2.24, 2.45) is 11.8 Å². The molecule has 30 heavy (non-hydrogen) atoms. The minimum atomic E-state index is 0.00396. The minimum absolute atomic E-state index is 0.00396. The first-order valence-electron chi connectivity index (χ1n) is 10.4. The van der Waals surface area contributed by atoms with Gasteiger partial charge in [-0.05, 0) is 60.1 Å². The predicted molar refractivity (Wildman–Crippen MR) is 114 cm³/mol. The minimum Gasteiger partial charge on any atom is -0.335 e. The lowest BCUT2D eigenvalue weighted by Crippen LogP contribution is -2.60. The van der Waals surface area contributed by atoms with Crippen LogP contribution >= 0.6 is 11.6 Å². The molecule has 2 aromatic rings. The highest BCUT2D eigenvalue weighted by atomic mass is 35.5. The van der Waals surface area contributed by atoms with Crippen molar-refractivity contribution < 1.29 is 4.79 Å². The van der Waals surface area contributed by atoms with Crippen molar-refractivity contribution in [3.05, 3.63) is 70.2 Å². The van der Waals surface area contributed by atoms with Crippen LogP contribution in [0.25, 0.3) is 0 Å². The lowest BCUT2D eigenvalue weighted by molar-refractivity contribution is 0.0962. The van der Waals surface area contributed by atoms with E-state index in [4.69, 9.17) is 16.9 Å². The quantitative estimate of drug-likeness (QED) is 0.710. The largest absolute Gasteiger partial charge is 0.335 e. The van der Waals surface area contributed by atoms with Crippen LogP contribution in [0.15, 0.2) is 48.5 Å². The number of hydrogen-bond donors (Lipinski definition) is 3. The molecule has 0 bridgehead atoms. The number of nitrogens with zero attached hydrogens (tertiary/aromatic N) is 2. The van der Waals surface area contributed by atoms with Gasteiger partial charge in [0.15, 0.2) is 0 Å². The van der Waals surface area contributed by atoms with Crippen LogP contribution in [-0.2, 0) is 6.54 Å². The Balaban J connectivity index is 1.30. The van der Waals surface area contributed by atoms with E-state index in [0.29, 0.717) is 35.0 Å². The van der Waals surface area contributed by atoms with E-state index in [2.05, 4.69) is 22.2 Å². The van der Waals surface area contributed by atoms with Gasteiger partial charge in [0.2, 0.25) is 0 Å². The van der Waals surface area contributed by atoms with Gasteiger partial charge in [0.25, 0.3) is 0 Å². The summed E-state index contributed by atoms with van der Waals surface area (Å²) in [5, 5.41) is 13.0. The van der Waals surface area contributed by atoms with Gasteiger partial charge in [0.1, 0.15) is 0 Å². The van der Waals surface area contributed by atoms with E-state index in [9.17, 15) is 4.79 Å². The number of fused-ring (bicyclic) bond motifs is 2. The number of hydrazine groups is 1. The van der Waals surface area contributed by atoms with Gasteiger partial charge in [-0.2, -0.15) is 5.26 Å².